The Morgan fingerprint density at radius 3 is 1.61 bits per heavy atom. The fourth-order valence-electron chi connectivity index (χ4n) is 1.56. The summed E-state index contributed by atoms with van der Waals surface area (Å²) in [5.41, 5.74) is 0. The summed E-state index contributed by atoms with van der Waals surface area (Å²) in [4.78, 5) is 0. The van der Waals surface area contributed by atoms with Crippen molar-refractivity contribution in [2.24, 2.45) is 0 Å². The molecule has 5 heteroatoms. The molecule has 0 fully saturated rings. The first-order valence-electron chi connectivity index (χ1n) is 6.42. The molecule has 0 bridgehead atoms. The van der Waals surface area contributed by atoms with Crippen molar-refractivity contribution in [3.8, 4) is 0 Å². The maximum absolute atomic E-state index is 5.88. The zero-order valence-corrected chi connectivity index (χ0v) is 14.5. The predicted molar refractivity (Wildman–Crippen MR) is 81.3 cm³/mol. The average Bonchev–Trinajstić information content (AvgIpc) is 2.22. The van der Waals surface area contributed by atoms with Gasteiger partial charge in [-0.2, -0.15) is 0 Å². The lowest BCUT2D eigenvalue weighted by Crippen LogP contribution is -2.42. The molecule has 0 saturated carbocycles. The Morgan fingerprint density at radius 2 is 1.28 bits per heavy atom. The van der Waals surface area contributed by atoms with Gasteiger partial charge in [-0.05, 0) is 34.6 Å². The molecule has 3 atom stereocenters. The van der Waals surface area contributed by atoms with Crippen molar-refractivity contribution in [1.29, 1.82) is 0 Å². The minimum atomic E-state index is -0.107. The Morgan fingerprint density at radius 1 is 0.833 bits per heavy atom. The largest absolute Gasteiger partial charge is 0.382 e. The minimum Gasteiger partial charge on any atom is -0.382 e. The summed E-state index contributed by atoms with van der Waals surface area (Å²) in [5, 5.41) is 0. The highest BCUT2D eigenvalue weighted by atomic mass is 127. The Hall–Kier alpha value is 0.570. The maximum atomic E-state index is 5.88. The van der Waals surface area contributed by atoms with E-state index >= 15 is 0 Å². The van der Waals surface area contributed by atoms with Gasteiger partial charge in [0, 0.05) is 7.11 Å². The molecule has 0 aliphatic heterocycles. The Kier molecular flexibility index (Phi) is 10.7. The molecule has 0 aliphatic carbocycles. The van der Waals surface area contributed by atoms with Crippen molar-refractivity contribution in [2.75, 3.05) is 20.3 Å². The first kappa shape index (κ1) is 18.6. The molecule has 0 aromatic carbocycles. The van der Waals surface area contributed by atoms with Crippen LogP contribution in [-0.4, -0.2) is 48.9 Å². The number of halogens is 1. The highest BCUT2D eigenvalue weighted by Crippen LogP contribution is 2.13. The Balaban J connectivity index is 4.51. The quantitative estimate of drug-likeness (QED) is 0.435. The molecule has 0 heterocycles. The summed E-state index contributed by atoms with van der Waals surface area (Å²) in [6.45, 7) is 11.1. The molecule has 18 heavy (non-hydrogen) atoms. The van der Waals surface area contributed by atoms with E-state index in [1.54, 1.807) is 7.11 Å². The van der Waals surface area contributed by atoms with Gasteiger partial charge in [0.05, 0.1) is 25.4 Å². The molecule has 4 nitrogen and oxygen atoms in total. The van der Waals surface area contributed by atoms with E-state index in [1.165, 1.54) is 0 Å². The van der Waals surface area contributed by atoms with Crippen molar-refractivity contribution in [3.63, 3.8) is 0 Å². The number of alkyl halides is 1. The van der Waals surface area contributed by atoms with E-state index < -0.39 is 0 Å². The zero-order valence-electron chi connectivity index (χ0n) is 12.3. The molecule has 0 amide bonds. The van der Waals surface area contributed by atoms with Gasteiger partial charge < -0.3 is 18.9 Å². The van der Waals surface area contributed by atoms with Crippen LogP contribution in [0.5, 0.6) is 0 Å². The van der Waals surface area contributed by atoms with Crippen molar-refractivity contribution < 1.29 is 18.9 Å². The van der Waals surface area contributed by atoms with Gasteiger partial charge in [0.15, 0.2) is 0 Å². The van der Waals surface area contributed by atoms with Gasteiger partial charge in [-0.15, -0.1) is 0 Å². The lowest BCUT2D eigenvalue weighted by Gasteiger charge is -2.30. The van der Waals surface area contributed by atoms with E-state index in [0.29, 0.717) is 13.2 Å². The second kappa shape index (κ2) is 10.4. The fourth-order valence-corrected chi connectivity index (χ4v) is 1.77. The minimum absolute atomic E-state index is 0.104. The van der Waals surface area contributed by atoms with Crippen LogP contribution in [0.15, 0.2) is 0 Å². The van der Waals surface area contributed by atoms with Crippen LogP contribution in [-0.2, 0) is 18.9 Å². The van der Waals surface area contributed by atoms with Crippen molar-refractivity contribution >= 4 is 22.6 Å². The van der Waals surface area contributed by atoms with Gasteiger partial charge in [-0.25, -0.2) is 0 Å². The highest BCUT2D eigenvalue weighted by molar-refractivity contribution is 14.1. The van der Waals surface area contributed by atoms with Crippen LogP contribution in [0.4, 0.5) is 0 Å². The molecule has 0 saturated heterocycles. The highest BCUT2D eigenvalue weighted by Gasteiger charge is 2.26. The van der Waals surface area contributed by atoms with Gasteiger partial charge in [-0.3, -0.25) is 0 Å². The van der Waals surface area contributed by atoms with E-state index in [4.69, 9.17) is 18.9 Å². The smallest absolute Gasteiger partial charge is 0.110 e. The molecule has 0 rings (SSSR count). The van der Waals surface area contributed by atoms with Gasteiger partial charge in [-0.1, -0.05) is 22.6 Å². The summed E-state index contributed by atoms with van der Waals surface area (Å²) in [6, 6.07) is 0. The molecule has 0 N–H and O–H groups in total. The molecule has 3 unspecified atom stereocenters. The molecule has 0 spiro atoms. The molecule has 0 aliphatic rings. The van der Waals surface area contributed by atoms with E-state index in [0.717, 1.165) is 0 Å². The monoisotopic (exact) mass is 374 g/mol. The van der Waals surface area contributed by atoms with Crippen LogP contribution in [0.1, 0.15) is 34.6 Å². The van der Waals surface area contributed by atoms with Crippen molar-refractivity contribution in [2.45, 2.75) is 63.1 Å². The third kappa shape index (κ3) is 9.49. The van der Waals surface area contributed by atoms with Crippen molar-refractivity contribution in [3.05, 3.63) is 0 Å². The maximum Gasteiger partial charge on any atom is 0.110 e. The Bertz CT molecular complexity index is 197. The van der Waals surface area contributed by atoms with Gasteiger partial charge in [0.2, 0.25) is 0 Å². The normalized spacial score (nSPS) is 17.2. The molecule has 0 aromatic heterocycles. The van der Waals surface area contributed by atoms with E-state index in [1.807, 2.05) is 34.6 Å². The van der Waals surface area contributed by atoms with Crippen LogP contribution in [0.25, 0.3) is 0 Å². The van der Waals surface area contributed by atoms with E-state index in [9.17, 15) is 0 Å². The molecular weight excluding hydrogens is 347 g/mol. The lowest BCUT2D eigenvalue weighted by atomic mass is 10.2. The molecule has 0 aromatic rings. The van der Waals surface area contributed by atoms with Gasteiger partial charge in [0.1, 0.15) is 16.3 Å². The number of rotatable bonds is 10. The first-order valence-corrected chi connectivity index (χ1v) is 7.66. The second-order valence-corrected chi connectivity index (χ2v) is 6.53. The summed E-state index contributed by atoms with van der Waals surface area (Å²) in [5.74, 6) is 0. The van der Waals surface area contributed by atoms with Crippen LogP contribution in [0.3, 0.4) is 0 Å². The summed E-state index contributed by atoms with van der Waals surface area (Å²) >= 11 is 2.23. The number of ether oxygens (including phenoxy) is 4. The third-order valence-corrected chi connectivity index (χ3v) is 2.49. The Labute approximate surface area is 125 Å². The zero-order chi connectivity index (χ0) is 14.1. The van der Waals surface area contributed by atoms with Crippen molar-refractivity contribution in [1.82, 2.24) is 0 Å². The van der Waals surface area contributed by atoms with E-state index in [2.05, 4.69) is 22.6 Å². The number of hydrogen-bond acceptors (Lipinski definition) is 4. The number of hydrogen-bond donors (Lipinski definition) is 0. The summed E-state index contributed by atoms with van der Waals surface area (Å²) < 4.78 is 22.7. The molecule has 0 radical (unpaired) electrons. The van der Waals surface area contributed by atoms with Crippen LogP contribution in [0, 0.1) is 0 Å². The van der Waals surface area contributed by atoms with Crippen LogP contribution < -0.4 is 0 Å². The van der Waals surface area contributed by atoms with Gasteiger partial charge >= 0.3 is 0 Å². The fraction of sp³-hybridized carbons (Fsp3) is 1.00. The van der Waals surface area contributed by atoms with Crippen LogP contribution in [0.2, 0.25) is 0 Å². The number of methoxy groups -OCH3 is 1. The van der Waals surface area contributed by atoms with Gasteiger partial charge in [0.25, 0.3) is 0 Å². The average molecular weight is 374 g/mol. The topological polar surface area (TPSA) is 36.9 Å². The molecular formula is C13H27IO4. The van der Waals surface area contributed by atoms with E-state index in [-0.39, 0.29) is 28.5 Å². The predicted octanol–water partition coefficient (Wildman–Crippen LogP) is 3.02. The standard InChI is InChI=1S/C13H27IO4/c1-9(2)17-12(7-15-6)13(18-10(3)4)8-16-11(5)14/h9-13H,7-8H2,1-6H3. The SMILES string of the molecule is COCC(OC(C)C)C(COC(C)I)OC(C)C. The first-order chi connectivity index (χ1) is 8.36. The summed E-state index contributed by atoms with van der Waals surface area (Å²) in [6.07, 6.45) is 0.0655. The summed E-state index contributed by atoms with van der Waals surface area (Å²) in [7, 11) is 1.67. The third-order valence-electron chi connectivity index (χ3n) is 2.13. The second-order valence-electron chi connectivity index (χ2n) is 4.78. The molecule has 110 valence electrons. The lowest BCUT2D eigenvalue weighted by molar-refractivity contribution is -0.150. The van der Waals surface area contributed by atoms with Crippen LogP contribution >= 0.6 is 22.6 Å².